The highest BCUT2D eigenvalue weighted by molar-refractivity contribution is 6.30. The van der Waals surface area contributed by atoms with Gasteiger partial charge in [-0.25, -0.2) is 0 Å². The number of amides is 1. The van der Waals surface area contributed by atoms with E-state index in [9.17, 15) is 4.79 Å². The number of halogens is 1. The van der Waals surface area contributed by atoms with Crippen LogP contribution >= 0.6 is 11.6 Å². The summed E-state index contributed by atoms with van der Waals surface area (Å²) in [5.41, 5.74) is 0.992. The third-order valence-electron chi connectivity index (χ3n) is 3.62. The van der Waals surface area contributed by atoms with Crippen LogP contribution in [0.25, 0.3) is 0 Å². The molecule has 5 heteroatoms. The molecule has 1 saturated heterocycles. The quantitative estimate of drug-likeness (QED) is 0.888. The van der Waals surface area contributed by atoms with Crippen LogP contribution < -0.4 is 5.32 Å². The Morgan fingerprint density at radius 2 is 1.85 bits per heavy atom. The Labute approximate surface area is 125 Å². The molecule has 0 aliphatic carbocycles. The van der Waals surface area contributed by atoms with Gasteiger partial charge < -0.3 is 10.2 Å². The molecule has 0 radical (unpaired) electrons. The number of carbonyl (C=O) groups is 1. The van der Waals surface area contributed by atoms with Crippen LogP contribution in [0.5, 0.6) is 0 Å². The molecule has 1 heterocycles. The van der Waals surface area contributed by atoms with Gasteiger partial charge in [0.1, 0.15) is 0 Å². The molecule has 1 aromatic carbocycles. The summed E-state index contributed by atoms with van der Waals surface area (Å²) in [4.78, 5) is 16.5. The van der Waals surface area contributed by atoms with E-state index in [4.69, 9.17) is 11.6 Å². The lowest BCUT2D eigenvalue weighted by molar-refractivity contribution is -0.120. The standard InChI is InChI=1S/C15H22ClN3O/c1-18-8-10-19(11-9-18)7-6-17-15(20)12-13-2-4-14(16)5-3-13/h2-5H,6-12H2,1H3,(H,17,20). The third kappa shape index (κ3) is 5.12. The van der Waals surface area contributed by atoms with Gasteiger partial charge in [0.2, 0.25) is 5.91 Å². The van der Waals surface area contributed by atoms with Gasteiger partial charge in [-0.1, -0.05) is 23.7 Å². The maximum absolute atomic E-state index is 11.8. The molecule has 1 fully saturated rings. The van der Waals surface area contributed by atoms with Crippen LogP contribution in [-0.4, -0.2) is 62.0 Å². The van der Waals surface area contributed by atoms with Gasteiger partial charge in [-0.3, -0.25) is 9.69 Å². The van der Waals surface area contributed by atoms with Crippen molar-refractivity contribution in [2.45, 2.75) is 6.42 Å². The summed E-state index contributed by atoms with van der Waals surface area (Å²) in [5.74, 6) is 0.0708. The van der Waals surface area contributed by atoms with Gasteiger partial charge in [0.15, 0.2) is 0 Å². The Morgan fingerprint density at radius 1 is 1.20 bits per heavy atom. The summed E-state index contributed by atoms with van der Waals surface area (Å²) in [7, 11) is 2.14. The first kappa shape index (κ1) is 15.3. The predicted molar refractivity (Wildman–Crippen MR) is 82.1 cm³/mol. The van der Waals surface area contributed by atoms with Crippen molar-refractivity contribution in [3.63, 3.8) is 0 Å². The van der Waals surface area contributed by atoms with Crippen molar-refractivity contribution >= 4 is 17.5 Å². The average Bonchev–Trinajstić information content (AvgIpc) is 2.44. The summed E-state index contributed by atoms with van der Waals surface area (Å²) in [5, 5.41) is 3.68. The van der Waals surface area contributed by atoms with Crippen molar-refractivity contribution < 1.29 is 4.79 Å². The molecule has 4 nitrogen and oxygen atoms in total. The fraction of sp³-hybridized carbons (Fsp3) is 0.533. The number of carbonyl (C=O) groups excluding carboxylic acids is 1. The smallest absolute Gasteiger partial charge is 0.224 e. The van der Waals surface area contributed by atoms with Crippen LogP contribution in [0.4, 0.5) is 0 Å². The summed E-state index contributed by atoms with van der Waals surface area (Å²) in [6, 6.07) is 7.41. The molecule has 110 valence electrons. The molecule has 1 amide bonds. The fourth-order valence-electron chi connectivity index (χ4n) is 2.28. The molecular weight excluding hydrogens is 274 g/mol. The van der Waals surface area contributed by atoms with Gasteiger partial charge in [-0.2, -0.15) is 0 Å². The van der Waals surface area contributed by atoms with Gasteiger partial charge in [0.25, 0.3) is 0 Å². The highest BCUT2D eigenvalue weighted by Gasteiger charge is 2.13. The number of nitrogens with zero attached hydrogens (tertiary/aromatic N) is 2. The Bertz CT molecular complexity index is 427. The fourth-order valence-corrected chi connectivity index (χ4v) is 2.40. The van der Waals surface area contributed by atoms with Crippen LogP contribution in [0.1, 0.15) is 5.56 Å². The van der Waals surface area contributed by atoms with E-state index in [0.29, 0.717) is 11.4 Å². The van der Waals surface area contributed by atoms with Crippen LogP contribution in [0.2, 0.25) is 5.02 Å². The lowest BCUT2D eigenvalue weighted by atomic mass is 10.1. The number of hydrogen-bond acceptors (Lipinski definition) is 3. The Balaban J connectivity index is 1.64. The lowest BCUT2D eigenvalue weighted by Gasteiger charge is -2.32. The molecule has 2 rings (SSSR count). The molecule has 1 aromatic rings. The summed E-state index contributed by atoms with van der Waals surface area (Å²) in [6.07, 6.45) is 0.417. The van der Waals surface area contributed by atoms with Gasteiger partial charge in [-0.15, -0.1) is 0 Å². The van der Waals surface area contributed by atoms with Crippen molar-refractivity contribution in [3.8, 4) is 0 Å². The van der Waals surface area contributed by atoms with Crippen molar-refractivity contribution in [1.29, 1.82) is 0 Å². The van der Waals surface area contributed by atoms with E-state index in [2.05, 4.69) is 22.2 Å². The maximum Gasteiger partial charge on any atom is 0.224 e. The van der Waals surface area contributed by atoms with Crippen LogP contribution in [0, 0.1) is 0 Å². The molecule has 0 saturated carbocycles. The van der Waals surface area contributed by atoms with Gasteiger partial charge >= 0.3 is 0 Å². The number of likely N-dealkylation sites (N-methyl/N-ethyl adjacent to an activating group) is 1. The van der Waals surface area contributed by atoms with E-state index in [1.165, 1.54) is 0 Å². The average molecular weight is 296 g/mol. The third-order valence-corrected chi connectivity index (χ3v) is 3.88. The Hall–Kier alpha value is -1.10. The Kier molecular flexibility index (Phi) is 5.83. The molecule has 1 N–H and O–H groups in total. The first-order valence-corrected chi connectivity index (χ1v) is 7.43. The van der Waals surface area contributed by atoms with Crippen LogP contribution in [0.15, 0.2) is 24.3 Å². The Morgan fingerprint density at radius 3 is 2.50 bits per heavy atom. The molecule has 0 spiro atoms. The molecule has 0 aromatic heterocycles. The molecule has 0 unspecified atom stereocenters. The second-order valence-corrected chi connectivity index (χ2v) is 5.73. The van der Waals surface area contributed by atoms with E-state index in [-0.39, 0.29) is 5.91 Å². The van der Waals surface area contributed by atoms with Gasteiger partial charge in [0, 0.05) is 44.3 Å². The highest BCUT2D eigenvalue weighted by atomic mass is 35.5. The maximum atomic E-state index is 11.8. The van der Waals surface area contributed by atoms with E-state index in [0.717, 1.165) is 44.8 Å². The molecule has 1 aliphatic heterocycles. The summed E-state index contributed by atoms with van der Waals surface area (Å²) >= 11 is 5.82. The minimum Gasteiger partial charge on any atom is -0.355 e. The highest BCUT2D eigenvalue weighted by Crippen LogP contribution is 2.09. The number of nitrogens with one attached hydrogen (secondary N) is 1. The zero-order valence-corrected chi connectivity index (χ0v) is 12.7. The molecular formula is C15H22ClN3O. The SMILES string of the molecule is CN1CCN(CCNC(=O)Cc2ccc(Cl)cc2)CC1. The lowest BCUT2D eigenvalue weighted by Crippen LogP contribution is -2.47. The zero-order chi connectivity index (χ0) is 14.4. The van der Waals surface area contributed by atoms with E-state index in [1.807, 2.05) is 24.3 Å². The van der Waals surface area contributed by atoms with E-state index >= 15 is 0 Å². The summed E-state index contributed by atoms with van der Waals surface area (Å²) in [6.45, 7) is 6.04. The van der Waals surface area contributed by atoms with Gasteiger partial charge in [-0.05, 0) is 24.7 Å². The first-order chi connectivity index (χ1) is 9.63. The zero-order valence-electron chi connectivity index (χ0n) is 11.9. The molecule has 0 bridgehead atoms. The van der Waals surface area contributed by atoms with E-state index < -0.39 is 0 Å². The minimum absolute atomic E-state index is 0.0708. The molecule has 0 atom stereocenters. The topological polar surface area (TPSA) is 35.6 Å². The van der Waals surface area contributed by atoms with E-state index in [1.54, 1.807) is 0 Å². The number of piperazine rings is 1. The van der Waals surface area contributed by atoms with Crippen molar-refractivity contribution in [3.05, 3.63) is 34.9 Å². The van der Waals surface area contributed by atoms with Gasteiger partial charge in [0.05, 0.1) is 6.42 Å². The predicted octanol–water partition coefficient (Wildman–Crippen LogP) is 1.25. The van der Waals surface area contributed by atoms with Crippen molar-refractivity contribution in [2.75, 3.05) is 46.3 Å². The van der Waals surface area contributed by atoms with Crippen molar-refractivity contribution in [1.82, 2.24) is 15.1 Å². The second-order valence-electron chi connectivity index (χ2n) is 5.30. The normalized spacial score (nSPS) is 17.1. The minimum atomic E-state index is 0.0708. The van der Waals surface area contributed by atoms with Crippen LogP contribution in [0.3, 0.4) is 0 Å². The molecule has 20 heavy (non-hydrogen) atoms. The summed E-state index contributed by atoms with van der Waals surface area (Å²) < 4.78 is 0. The first-order valence-electron chi connectivity index (χ1n) is 7.05. The molecule has 1 aliphatic rings. The number of benzene rings is 1. The number of rotatable bonds is 5. The van der Waals surface area contributed by atoms with Crippen molar-refractivity contribution in [2.24, 2.45) is 0 Å². The monoisotopic (exact) mass is 295 g/mol. The second kappa shape index (κ2) is 7.62. The largest absolute Gasteiger partial charge is 0.355 e. The van der Waals surface area contributed by atoms with Crippen LogP contribution in [-0.2, 0) is 11.2 Å². The number of hydrogen-bond donors (Lipinski definition) is 1.